The number of nitrogen functional groups attached to an aromatic ring is 1. The average Bonchev–Trinajstić information content (AvgIpc) is 2.69. The number of anilines is 1. The Morgan fingerprint density at radius 1 is 1.25 bits per heavy atom. The zero-order valence-electron chi connectivity index (χ0n) is 17.6. The Bertz CT molecular complexity index is 1120. The summed E-state index contributed by atoms with van der Waals surface area (Å²) >= 11 is 0. The lowest BCUT2D eigenvalue weighted by Crippen LogP contribution is -2.50. The molecule has 4 nitrogen and oxygen atoms in total. The van der Waals surface area contributed by atoms with Crippen molar-refractivity contribution >= 4 is 5.69 Å². The molecule has 0 spiro atoms. The van der Waals surface area contributed by atoms with Gasteiger partial charge in [0, 0.05) is 23.1 Å². The summed E-state index contributed by atoms with van der Waals surface area (Å²) in [6.45, 7) is 3.35. The highest BCUT2D eigenvalue weighted by molar-refractivity contribution is 5.62. The van der Waals surface area contributed by atoms with Crippen LogP contribution in [0.15, 0.2) is 30.3 Å². The fraction of sp³-hybridized carbons (Fsp3) is 0.375. The lowest BCUT2D eigenvalue weighted by atomic mass is 9.69. The van der Waals surface area contributed by atoms with Gasteiger partial charge in [-0.1, -0.05) is 18.8 Å². The molecule has 1 aliphatic rings. The van der Waals surface area contributed by atoms with E-state index in [0.29, 0.717) is 22.4 Å². The molecule has 0 amide bonds. The summed E-state index contributed by atoms with van der Waals surface area (Å²) in [5.74, 6) is 4.74. The Kier molecular flexibility index (Phi) is 6.13. The van der Waals surface area contributed by atoms with Crippen molar-refractivity contribution in [1.29, 1.82) is 5.26 Å². The van der Waals surface area contributed by atoms with E-state index in [4.69, 9.17) is 15.7 Å². The molecule has 1 heterocycles. The van der Waals surface area contributed by atoms with Gasteiger partial charge in [-0.3, -0.25) is 0 Å². The van der Waals surface area contributed by atoms with Crippen molar-refractivity contribution < 1.29 is 27.4 Å². The van der Waals surface area contributed by atoms with E-state index >= 15 is 0 Å². The molecule has 0 saturated heterocycles. The van der Waals surface area contributed by atoms with Crippen molar-refractivity contribution in [2.75, 3.05) is 12.3 Å². The highest BCUT2D eigenvalue weighted by atomic mass is 19.4. The monoisotopic (exact) mass is 446 g/mol. The fourth-order valence-corrected chi connectivity index (χ4v) is 4.04. The van der Waals surface area contributed by atoms with Crippen LogP contribution in [0.3, 0.4) is 0 Å². The number of nitrogens with zero attached hydrogens (tertiary/aromatic N) is 1. The molecule has 1 aliphatic heterocycles. The molecule has 168 valence electrons. The number of aryl methyl sites for hydroxylation is 1. The number of halogens is 4. The quantitative estimate of drug-likeness (QED) is 0.405. The highest BCUT2D eigenvalue weighted by Gasteiger charge is 2.56. The van der Waals surface area contributed by atoms with Gasteiger partial charge in [0.25, 0.3) is 0 Å². The molecule has 0 saturated carbocycles. The largest absolute Gasteiger partial charge is 0.493 e. The van der Waals surface area contributed by atoms with Crippen LogP contribution in [-0.2, 0) is 5.41 Å². The number of fused-ring (bicyclic) bond motifs is 1. The topological polar surface area (TPSA) is 79.3 Å². The molecule has 2 aromatic carbocycles. The van der Waals surface area contributed by atoms with Crippen LogP contribution >= 0.6 is 0 Å². The minimum absolute atomic E-state index is 0.149. The summed E-state index contributed by atoms with van der Waals surface area (Å²) in [6, 6.07) is 8.57. The molecule has 3 rings (SSSR count). The Morgan fingerprint density at radius 2 is 1.97 bits per heavy atom. The smallest absolute Gasteiger partial charge is 0.418 e. The van der Waals surface area contributed by atoms with E-state index in [1.54, 1.807) is 13.8 Å². The van der Waals surface area contributed by atoms with Crippen molar-refractivity contribution in [2.45, 2.75) is 50.3 Å². The van der Waals surface area contributed by atoms with Crippen LogP contribution in [0, 0.1) is 35.9 Å². The molecule has 2 unspecified atom stereocenters. The highest BCUT2D eigenvalue weighted by Crippen LogP contribution is 2.48. The van der Waals surface area contributed by atoms with Gasteiger partial charge in [0.1, 0.15) is 11.6 Å². The van der Waals surface area contributed by atoms with E-state index in [0.717, 1.165) is 6.07 Å². The number of aliphatic hydroxyl groups is 1. The number of benzene rings is 2. The van der Waals surface area contributed by atoms with Crippen molar-refractivity contribution in [3.63, 3.8) is 0 Å². The van der Waals surface area contributed by atoms with Crippen LogP contribution in [0.25, 0.3) is 0 Å². The first-order valence-electron chi connectivity index (χ1n) is 9.90. The molecule has 2 atom stereocenters. The molecular formula is C24H22F4N2O2. The zero-order chi connectivity index (χ0) is 23.7. The van der Waals surface area contributed by atoms with E-state index in [1.807, 2.05) is 6.07 Å². The van der Waals surface area contributed by atoms with Gasteiger partial charge in [-0.25, -0.2) is 4.39 Å². The lowest BCUT2D eigenvalue weighted by Gasteiger charge is -2.41. The van der Waals surface area contributed by atoms with E-state index in [9.17, 15) is 22.7 Å². The Hall–Kier alpha value is -3.23. The zero-order valence-corrected chi connectivity index (χ0v) is 17.6. The van der Waals surface area contributed by atoms with Gasteiger partial charge in [-0.05, 0) is 55.7 Å². The molecule has 0 aromatic heterocycles. The van der Waals surface area contributed by atoms with Crippen molar-refractivity contribution in [1.82, 2.24) is 0 Å². The predicted molar refractivity (Wildman–Crippen MR) is 111 cm³/mol. The second-order valence-electron chi connectivity index (χ2n) is 8.35. The first kappa shape index (κ1) is 23.4. The number of alkyl halides is 3. The summed E-state index contributed by atoms with van der Waals surface area (Å²) in [4.78, 5) is 0. The van der Waals surface area contributed by atoms with Crippen molar-refractivity contribution in [3.8, 4) is 23.7 Å². The van der Waals surface area contributed by atoms with Crippen LogP contribution in [0.2, 0.25) is 0 Å². The normalized spacial score (nSPS) is 19.6. The van der Waals surface area contributed by atoms with E-state index < -0.39 is 35.9 Å². The molecule has 32 heavy (non-hydrogen) atoms. The summed E-state index contributed by atoms with van der Waals surface area (Å²) in [6.07, 6.45) is -6.39. The van der Waals surface area contributed by atoms with Crippen LogP contribution < -0.4 is 10.5 Å². The molecular weight excluding hydrogens is 424 g/mol. The van der Waals surface area contributed by atoms with Gasteiger partial charge in [-0.2, -0.15) is 18.4 Å². The predicted octanol–water partition coefficient (Wildman–Crippen LogP) is 4.75. The third-order valence-electron chi connectivity index (χ3n) is 5.80. The summed E-state index contributed by atoms with van der Waals surface area (Å²) in [5, 5.41) is 19.7. The lowest BCUT2D eigenvalue weighted by molar-refractivity contribution is -0.265. The third-order valence-corrected chi connectivity index (χ3v) is 5.80. The second kappa shape index (κ2) is 8.37. The number of nitrogens with two attached hydrogens (primary N) is 1. The van der Waals surface area contributed by atoms with Crippen molar-refractivity contribution in [3.05, 3.63) is 58.4 Å². The maximum atomic E-state index is 14.0. The summed E-state index contributed by atoms with van der Waals surface area (Å²) in [7, 11) is 0. The maximum absolute atomic E-state index is 14.0. The maximum Gasteiger partial charge on any atom is 0.418 e. The van der Waals surface area contributed by atoms with Gasteiger partial charge in [0.15, 0.2) is 5.60 Å². The van der Waals surface area contributed by atoms with E-state index in [-0.39, 0.29) is 24.3 Å². The van der Waals surface area contributed by atoms with Gasteiger partial charge in [0.05, 0.1) is 23.8 Å². The first-order chi connectivity index (χ1) is 14.9. The molecule has 0 bridgehead atoms. The molecule has 0 aliphatic carbocycles. The summed E-state index contributed by atoms with van der Waals surface area (Å²) in [5.41, 5.74) is 3.20. The van der Waals surface area contributed by atoms with Crippen LogP contribution in [0.5, 0.6) is 5.75 Å². The molecule has 3 N–H and O–H groups in total. The summed E-state index contributed by atoms with van der Waals surface area (Å²) < 4.78 is 61.2. The molecule has 0 radical (unpaired) electrons. The number of rotatable bonds is 3. The first-order valence-corrected chi connectivity index (χ1v) is 9.90. The number of hydrogen-bond donors (Lipinski definition) is 2. The third kappa shape index (κ3) is 4.51. The van der Waals surface area contributed by atoms with E-state index in [2.05, 4.69) is 11.8 Å². The van der Waals surface area contributed by atoms with Gasteiger partial charge in [-0.15, -0.1) is 0 Å². The van der Waals surface area contributed by atoms with E-state index in [1.165, 1.54) is 24.3 Å². The van der Waals surface area contributed by atoms with Crippen molar-refractivity contribution in [2.24, 2.45) is 0 Å². The second-order valence-corrected chi connectivity index (χ2v) is 8.35. The number of ether oxygens (including phenoxy) is 1. The average molecular weight is 446 g/mol. The SMILES string of the molecule is Cc1cc(C#N)cc(N)c1C#CCC(O)(CC1(C)CCOc2ccc(F)cc21)C(F)(F)F. The number of hydrogen-bond acceptors (Lipinski definition) is 4. The number of nitriles is 1. The Labute approximate surface area is 183 Å². The fourth-order valence-electron chi connectivity index (χ4n) is 4.04. The molecule has 8 heteroatoms. The Morgan fingerprint density at radius 3 is 2.59 bits per heavy atom. The molecule has 2 aromatic rings. The minimum atomic E-state index is -4.97. The standard InChI is InChI=1S/C24H22F4N2O2/c1-15-10-16(13-29)11-20(30)18(15)4-3-7-23(31,24(26,27)28)14-22(2)8-9-32-21-6-5-17(25)12-19(21)22/h5-6,10-12,31H,7-9,14,30H2,1-2H3. The van der Waals surface area contributed by atoms with Gasteiger partial charge < -0.3 is 15.6 Å². The van der Waals surface area contributed by atoms with Gasteiger partial charge >= 0.3 is 6.18 Å². The van der Waals surface area contributed by atoms with Crippen LogP contribution in [-0.4, -0.2) is 23.5 Å². The van der Waals surface area contributed by atoms with Crippen LogP contribution in [0.4, 0.5) is 23.2 Å². The van der Waals surface area contributed by atoms with Crippen LogP contribution in [0.1, 0.15) is 48.4 Å². The Balaban J connectivity index is 1.95. The molecule has 0 fully saturated rings. The van der Waals surface area contributed by atoms with Gasteiger partial charge in [0.2, 0.25) is 0 Å². The minimum Gasteiger partial charge on any atom is -0.493 e.